The van der Waals surface area contributed by atoms with Crippen LogP contribution in [-0.4, -0.2) is 86.2 Å². The first-order valence-electron chi connectivity index (χ1n) is 10.7. The number of benzene rings is 2. The first-order chi connectivity index (χ1) is 14.9. The third-order valence-electron chi connectivity index (χ3n) is 6.13. The number of carbonyl (C=O) groups is 1. The zero-order chi connectivity index (χ0) is 22.0. The molecule has 4 rings (SSSR count). The molecule has 0 radical (unpaired) electrons. The van der Waals surface area contributed by atoms with E-state index in [2.05, 4.69) is 16.8 Å². The Morgan fingerprint density at radius 3 is 2.19 bits per heavy atom. The van der Waals surface area contributed by atoms with Gasteiger partial charge in [0.15, 0.2) is 0 Å². The molecule has 2 aromatic rings. The molecule has 2 heterocycles. The number of nitrogens with zero attached hydrogens (tertiary/aromatic N) is 4. The number of rotatable bonds is 5. The Morgan fingerprint density at radius 1 is 0.903 bits per heavy atom. The molecule has 2 aliphatic heterocycles. The molecule has 2 aliphatic rings. The zero-order valence-corrected chi connectivity index (χ0v) is 19.0. The maximum Gasteiger partial charge on any atom is 0.245 e. The van der Waals surface area contributed by atoms with Crippen molar-refractivity contribution in [3.05, 3.63) is 65.7 Å². The Bertz CT molecular complexity index is 1000. The van der Waals surface area contributed by atoms with Crippen molar-refractivity contribution in [2.75, 3.05) is 52.9 Å². The lowest BCUT2D eigenvalue weighted by atomic mass is 10.1. The Balaban J connectivity index is 1.61. The summed E-state index contributed by atoms with van der Waals surface area (Å²) in [6.45, 7) is 6.47. The number of sulfonamides is 1. The van der Waals surface area contributed by atoms with E-state index in [-0.39, 0.29) is 17.3 Å². The molecule has 2 fully saturated rings. The fraction of sp³-hybridized carbons (Fsp3) is 0.435. The topological polar surface area (TPSA) is 64.2 Å². The van der Waals surface area contributed by atoms with E-state index in [1.165, 1.54) is 4.31 Å². The predicted octanol–water partition coefficient (Wildman–Crippen LogP) is 1.77. The van der Waals surface area contributed by atoms with Gasteiger partial charge in [0.1, 0.15) is 6.17 Å². The number of hydrogen-bond acceptors (Lipinski definition) is 5. The van der Waals surface area contributed by atoms with Crippen LogP contribution >= 0.6 is 0 Å². The maximum atomic E-state index is 13.5. The van der Waals surface area contributed by atoms with E-state index in [0.717, 1.165) is 37.3 Å². The molecule has 166 valence electrons. The van der Waals surface area contributed by atoms with Crippen molar-refractivity contribution < 1.29 is 13.2 Å². The Labute approximate surface area is 184 Å². The van der Waals surface area contributed by atoms with Crippen LogP contribution in [0.5, 0.6) is 0 Å². The lowest BCUT2D eigenvalue weighted by Gasteiger charge is -2.35. The molecule has 0 aliphatic carbocycles. The minimum absolute atomic E-state index is 0.0278. The van der Waals surface area contributed by atoms with Gasteiger partial charge in [-0.05, 0) is 31.7 Å². The second-order valence-corrected chi connectivity index (χ2v) is 10.3. The first kappa shape index (κ1) is 22.0. The summed E-state index contributed by atoms with van der Waals surface area (Å²) in [6.07, 6.45) is -0.632. The quantitative estimate of drug-likeness (QED) is 0.706. The van der Waals surface area contributed by atoms with E-state index < -0.39 is 16.2 Å². The van der Waals surface area contributed by atoms with Crippen molar-refractivity contribution in [2.24, 2.45) is 0 Å². The summed E-state index contributed by atoms with van der Waals surface area (Å²) < 4.78 is 28.5. The highest BCUT2D eigenvalue weighted by Gasteiger charge is 2.43. The molecule has 8 heteroatoms. The summed E-state index contributed by atoms with van der Waals surface area (Å²) in [5.74, 6) is -0.0278. The lowest BCUT2D eigenvalue weighted by molar-refractivity contribution is -0.134. The molecule has 0 N–H and O–H groups in total. The third kappa shape index (κ3) is 4.67. The predicted molar refractivity (Wildman–Crippen MR) is 120 cm³/mol. The van der Waals surface area contributed by atoms with Gasteiger partial charge in [0, 0.05) is 39.3 Å². The third-order valence-corrected chi connectivity index (χ3v) is 8.00. The fourth-order valence-electron chi connectivity index (χ4n) is 4.22. The maximum absolute atomic E-state index is 13.5. The van der Waals surface area contributed by atoms with E-state index >= 15 is 0 Å². The molecule has 1 atom stereocenters. The second kappa shape index (κ2) is 9.08. The van der Waals surface area contributed by atoms with Crippen LogP contribution in [0.1, 0.15) is 17.3 Å². The molecule has 7 nitrogen and oxygen atoms in total. The second-order valence-electron chi connectivity index (χ2n) is 8.38. The van der Waals surface area contributed by atoms with Crippen molar-refractivity contribution in [2.45, 2.75) is 18.0 Å². The molecule has 2 aromatic carbocycles. The molecule has 0 aromatic heterocycles. The molecule has 1 unspecified atom stereocenters. The summed E-state index contributed by atoms with van der Waals surface area (Å²) in [5, 5.41) is 0. The normalized spacial score (nSPS) is 21.5. The fourth-order valence-corrected chi connectivity index (χ4v) is 5.80. The van der Waals surface area contributed by atoms with Crippen molar-refractivity contribution >= 4 is 15.9 Å². The minimum atomic E-state index is -3.74. The molecule has 0 saturated carbocycles. The van der Waals surface area contributed by atoms with E-state index in [4.69, 9.17) is 0 Å². The van der Waals surface area contributed by atoms with E-state index in [1.807, 2.05) is 37.3 Å². The summed E-state index contributed by atoms with van der Waals surface area (Å²) in [5.41, 5.74) is 1.81. The summed E-state index contributed by atoms with van der Waals surface area (Å²) in [7, 11) is -1.66. The molecule has 0 spiro atoms. The number of likely N-dealkylation sites (N-methyl/N-ethyl adjacent to an activating group) is 1. The number of carbonyl (C=O) groups excluding carboxylic acids is 1. The highest BCUT2D eigenvalue weighted by Crippen LogP contribution is 2.35. The van der Waals surface area contributed by atoms with E-state index in [0.29, 0.717) is 13.1 Å². The molecule has 1 amide bonds. The average molecular weight is 443 g/mol. The van der Waals surface area contributed by atoms with Crippen LogP contribution in [0, 0.1) is 6.92 Å². The monoisotopic (exact) mass is 442 g/mol. The van der Waals surface area contributed by atoms with Gasteiger partial charge in [0.2, 0.25) is 15.9 Å². The standard InChI is InChI=1S/C23H30N4O3S/c1-19-8-10-21(11-9-19)31(29,30)27-17-16-26(23(27)20-6-4-3-5-7-20)22(28)18-25-14-12-24(2)13-15-25/h3-11,23H,12-18H2,1-2H3. The van der Waals surface area contributed by atoms with Gasteiger partial charge in [-0.2, -0.15) is 4.31 Å². The van der Waals surface area contributed by atoms with Crippen LogP contribution in [0.25, 0.3) is 0 Å². The highest BCUT2D eigenvalue weighted by atomic mass is 32.2. The minimum Gasteiger partial charge on any atom is -0.319 e. The van der Waals surface area contributed by atoms with Gasteiger partial charge >= 0.3 is 0 Å². The van der Waals surface area contributed by atoms with Crippen LogP contribution in [0.2, 0.25) is 0 Å². The Morgan fingerprint density at radius 2 is 1.55 bits per heavy atom. The Kier molecular flexibility index (Phi) is 6.43. The smallest absolute Gasteiger partial charge is 0.245 e. The lowest BCUT2D eigenvalue weighted by Crippen LogP contribution is -2.49. The molecular weight excluding hydrogens is 412 g/mol. The van der Waals surface area contributed by atoms with Crippen LogP contribution in [0.4, 0.5) is 0 Å². The van der Waals surface area contributed by atoms with Gasteiger partial charge in [-0.25, -0.2) is 8.42 Å². The number of hydrogen-bond donors (Lipinski definition) is 0. The van der Waals surface area contributed by atoms with Gasteiger partial charge in [-0.15, -0.1) is 0 Å². The summed E-state index contributed by atoms with van der Waals surface area (Å²) in [4.78, 5) is 19.7. The number of piperazine rings is 1. The van der Waals surface area contributed by atoms with Crippen molar-refractivity contribution in [3.8, 4) is 0 Å². The van der Waals surface area contributed by atoms with Gasteiger partial charge in [-0.1, -0.05) is 48.0 Å². The van der Waals surface area contributed by atoms with E-state index in [9.17, 15) is 13.2 Å². The molecular formula is C23H30N4O3S. The summed E-state index contributed by atoms with van der Waals surface area (Å²) >= 11 is 0. The van der Waals surface area contributed by atoms with Gasteiger partial charge in [0.05, 0.1) is 11.4 Å². The Hall–Kier alpha value is -2.26. The van der Waals surface area contributed by atoms with Crippen molar-refractivity contribution in [1.29, 1.82) is 0 Å². The van der Waals surface area contributed by atoms with Gasteiger partial charge in [-0.3, -0.25) is 9.69 Å². The largest absolute Gasteiger partial charge is 0.319 e. The van der Waals surface area contributed by atoms with Gasteiger partial charge < -0.3 is 9.80 Å². The van der Waals surface area contributed by atoms with Crippen LogP contribution in [-0.2, 0) is 14.8 Å². The average Bonchev–Trinajstić information content (AvgIpc) is 3.23. The molecule has 2 saturated heterocycles. The van der Waals surface area contributed by atoms with Crippen molar-refractivity contribution in [1.82, 2.24) is 19.0 Å². The molecule has 31 heavy (non-hydrogen) atoms. The molecule has 0 bridgehead atoms. The first-order valence-corrected chi connectivity index (χ1v) is 12.1. The van der Waals surface area contributed by atoms with Crippen molar-refractivity contribution in [3.63, 3.8) is 0 Å². The number of aryl methyl sites for hydroxylation is 1. The SMILES string of the molecule is Cc1ccc(S(=O)(=O)N2CCN(C(=O)CN3CCN(C)CC3)C2c2ccccc2)cc1. The van der Waals surface area contributed by atoms with E-state index in [1.54, 1.807) is 29.2 Å². The van der Waals surface area contributed by atoms with Crippen LogP contribution in [0.3, 0.4) is 0 Å². The van der Waals surface area contributed by atoms with Gasteiger partial charge in [0.25, 0.3) is 0 Å². The summed E-state index contributed by atoms with van der Waals surface area (Å²) in [6, 6.07) is 16.3. The van der Waals surface area contributed by atoms with Crippen LogP contribution < -0.4 is 0 Å². The highest BCUT2D eigenvalue weighted by molar-refractivity contribution is 7.89. The number of amides is 1. The van der Waals surface area contributed by atoms with Crippen LogP contribution in [0.15, 0.2) is 59.5 Å². The zero-order valence-electron chi connectivity index (χ0n) is 18.1.